The molecule has 1 aliphatic rings. The first-order valence-electron chi connectivity index (χ1n) is 7.98. The summed E-state index contributed by atoms with van der Waals surface area (Å²) in [6.45, 7) is 2.63. The summed E-state index contributed by atoms with van der Waals surface area (Å²) in [6, 6.07) is 8.96. The predicted octanol–water partition coefficient (Wildman–Crippen LogP) is 3.58. The van der Waals surface area contributed by atoms with Crippen LogP contribution in [0, 0.1) is 0 Å². The van der Waals surface area contributed by atoms with E-state index in [0.29, 0.717) is 28.9 Å². The number of fused-ring (bicyclic) bond motifs is 1. The van der Waals surface area contributed by atoms with Gasteiger partial charge in [-0.3, -0.25) is 10.1 Å². The van der Waals surface area contributed by atoms with Crippen molar-refractivity contribution in [1.29, 1.82) is 0 Å². The Morgan fingerprint density at radius 3 is 2.96 bits per heavy atom. The largest absolute Gasteiger partial charge is 0.478 e. The summed E-state index contributed by atoms with van der Waals surface area (Å²) in [4.78, 5) is 20.9. The van der Waals surface area contributed by atoms with Gasteiger partial charge >= 0.3 is 0 Å². The molecular weight excluding hydrogens is 354 g/mol. The van der Waals surface area contributed by atoms with Gasteiger partial charge in [-0.15, -0.1) is 11.3 Å². The summed E-state index contributed by atoms with van der Waals surface area (Å²) in [5.41, 5.74) is 2.09. The van der Waals surface area contributed by atoms with Crippen molar-refractivity contribution in [3.63, 3.8) is 0 Å². The molecule has 0 aliphatic carbocycles. The molecule has 8 heteroatoms. The third kappa shape index (κ3) is 3.31. The number of carbonyl (C=O) groups excluding carboxylic acids is 1. The van der Waals surface area contributed by atoms with E-state index >= 15 is 0 Å². The molecule has 0 unspecified atom stereocenters. The molecule has 2 aromatic heterocycles. The van der Waals surface area contributed by atoms with Crippen molar-refractivity contribution >= 4 is 22.4 Å². The van der Waals surface area contributed by atoms with Crippen molar-refractivity contribution in [2.24, 2.45) is 0 Å². The zero-order valence-corrected chi connectivity index (χ0v) is 14.7. The summed E-state index contributed by atoms with van der Waals surface area (Å²) < 4.78 is 16.0. The van der Waals surface area contributed by atoms with Gasteiger partial charge in [0.2, 0.25) is 12.7 Å². The zero-order chi connectivity index (χ0) is 17.9. The van der Waals surface area contributed by atoms with E-state index in [2.05, 4.69) is 15.3 Å². The molecule has 3 aromatic rings. The maximum Gasteiger partial charge on any atom is 0.259 e. The first-order chi connectivity index (χ1) is 12.7. The number of amides is 1. The monoisotopic (exact) mass is 369 g/mol. The Kier molecular flexibility index (Phi) is 4.40. The van der Waals surface area contributed by atoms with Gasteiger partial charge in [0.1, 0.15) is 0 Å². The van der Waals surface area contributed by atoms with Crippen molar-refractivity contribution in [2.75, 3.05) is 18.7 Å². The van der Waals surface area contributed by atoms with Crippen LogP contribution in [0.5, 0.6) is 17.4 Å². The fourth-order valence-electron chi connectivity index (χ4n) is 2.44. The second kappa shape index (κ2) is 7.01. The van der Waals surface area contributed by atoms with Gasteiger partial charge in [-0.1, -0.05) is 0 Å². The highest BCUT2D eigenvalue weighted by Crippen LogP contribution is 2.36. The number of benzene rings is 1. The minimum atomic E-state index is -0.271. The lowest BCUT2D eigenvalue weighted by atomic mass is 10.1. The van der Waals surface area contributed by atoms with Crippen molar-refractivity contribution in [3.8, 4) is 28.6 Å². The Labute approximate surface area is 153 Å². The zero-order valence-electron chi connectivity index (χ0n) is 13.9. The molecule has 0 bridgehead atoms. The summed E-state index contributed by atoms with van der Waals surface area (Å²) in [7, 11) is 0. The third-order valence-electron chi connectivity index (χ3n) is 3.68. The van der Waals surface area contributed by atoms with Gasteiger partial charge in [0, 0.05) is 23.2 Å². The van der Waals surface area contributed by atoms with Gasteiger partial charge in [-0.2, -0.15) is 0 Å². The average Bonchev–Trinajstić information content (AvgIpc) is 3.31. The molecule has 1 aromatic carbocycles. The second-order valence-corrected chi connectivity index (χ2v) is 6.24. The summed E-state index contributed by atoms with van der Waals surface area (Å²) in [5, 5.41) is 5.17. The Bertz CT molecular complexity index is 940. The van der Waals surface area contributed by atoms with Gasteiger partial charge in [0.25, 0.3) is 5.91 Å². The van der Waals surface area contributed by atoms with Crippen LogP contribution in [0.1, 0.15) is 17.3 Å². The van der Waals surface area contributed by atoms with Crippen LogP contribution in [0.2, 0.25) is 0 Å². The number of aromatic nitrogens is 2. The third-order valence-corrected chi connectivity index (χ3v) is 4.44. The number of ether oxygens (including phenoxy) is 3. The normalized spacial score (nSPS) is 12.0. The van der Waals surface area contributed by atoms with E-state index in [-0.39, 0.29) is 12.7 Å². The van der Waals surface area contributed by atoms with Gasteiger partial charge in [-0.05, 0) is 31.2 Å². The summed E-state index contributed by atoms with van der Waals surface area (Å²) in [6.07, 6.45) is 1.48. The van der Waals surface area contributed by atoms with Crippen molar-refractivity contribution in [2.45, 2.75) is 6.92 Å². The van der Waals surface area contributed by atoms with Crippen molar-refractivity contribution in [3.05, 3.63) is 47.5 Å². The van der Waals surface area contributed by atoms with Crippen molar-refractivity contribution in [1.82, 2.24) is 9.97 Å². The smallest absolute Gasteiger partial charge is 0.259 e. The maximum absolute atomic E-state index is 12.3. The topological polar surface area (TPSA) is 82.6 Å². The van der Waals surface area contributed by atoms with E-state index in [1.165, 1.54) is 17.5 Å². The molecule has 132 valence electrons. The Morgan fingerprint density at radius 2 is 2.15 bits per heavy atom. The van der Waals surface area contributed by atoms with Crippen LogP contribution >= 0.6 is 11.3 Å². The van der Waals surface area contributed by atoms with Crippen LogP contribution in [0.4, 0.5) is 5.13 Å². The molecule has 1 N–H and O–H groups in total. The molecule has 3 heterocycles. The van der Waals surface area contributed by atoms with E-state index in [1.807, 2.05) is 30.5 Å². The van der Waals surface area contributed by atoms with Crippen LogP contribution < -0.4 is 19.5 Å². The number of pyridine rings is 1. The fraction of sp³-hybridized carbons (Fsp3) is 0.167. The molecule has 0 atom stereocenters. The number of nitrogens with zero attached hydrogens (tertiary/aromatic N) is 2. The van der Waals surface area contributed by atoms with Crippen LogP contribution in [-0.2, 0) is 0 Å². The molecule has 0 spiro atoms. The minimum Gasteiger partial charge on any atom is -0.478 e. The number of carbonyl (C=O) groups is 1. The quantitative estimate of drug-likeness (QED) is 0.740. The van der Waals surface area contributed by atoms with Crippen LogP contribution in [0.15, 0.2) is 41.9 Å². The summed E-state index contributed by atoms with van der Waals surface area (Å²) >= 11 is 1.35. The Morgan fingerprint density at radius 1 is 1.27 bits per heavy atom. The molecule has 0 fully saturated rings. The van der Waals surface area contributed by atoms with E-state index in [1.54, 1.807) is 12.1 Å². The molecule has 1 amide bonds. The molecule has 4 rings (SSSR count). The highest BCUT2D eigenvalue weighted by molar-refractivity contribution is 7.14. The van der Waals surface area contributed by atoms with Gasteiger partial charge in [0.05, 0.1) is 17.9 Å². The second-order valence-electron chi connectivity index (χ2n) is 5.38. The summed E-state index contributed by atoms with van der Waals surface area (Å²) in [5.74, 6) is 1.64. The van der Waals surface area contributed by atoms with E-state index < -0.39 is 0 Å². The lowest BCUT2D eigenvalue weighted by Crippen LogP contribution is -2.12. The van der Waals surface area contributed by atoms with Gasteiger partial charge < -0.3 is 14.2 Å². The number of nitrogens with one attached hydrogen (secondary N) is 1. The Hall–Kier alpha value is -3.13. The predicted molar refractivity (Wildman–Crippen MR) is 97.0 cm³/mol. The molecule has 0 radical (unpaired) electrons. The molecule has 0 saturated heterocycles. The highest BCUT2D eigenvalue weighted by Gasteiger charge is 2.16. The Balaban J connectivity index is 1.47. The van der Waals surface area contributed by atoms with Gasteiger partial charge in [0.15, 0.2) is 16.6 Å². The lowest BCUT2D eigenvalue weighted by molar-refractivity contribution is 0.102. The number of anilines is 1. The van der Waals surface area contributed by atoms with Gasteiger partial charge in [-0.25, -0.2) is 9.97 Å². The van der Waals surface area contributed by atoms with Crippen LogP contribution in [0.3, 0.4) is 0 Å². The first kappa shape index (κ1) is 16.3. The standard InChI is InChI=1S/C18H15N3O4S/c1-2-23-16-6-4-12(8-19-16)17(22)21-18-20-13(9-26-18)11-3-5-14-15(7-11)25-10-24-14/h3-9H,2,10H2,1H3,(H,20,21,22). The molecule has 0 saturated carbocycles. The van der Waals surface area contributed by atoms with Crippen molar-refractivity contribution < 1.29 is 19.0 Å². The van der Waals surface area contributed by atoms with E-state index in [4.69, 9.17) is 14.2 Å². The SMILES string of the molecule is CCOc1ccc(C(=O)Nc2nc(-c3ccc4c(c3)OCO4)cs2)cn1. The average molecular weight is 369 g/mol. The highest BCUT2D eigenvalue weighted by atomic mass is 32.1. The number of hydrogen-bond acceptors (Lipinski definition) is 7. The van der Waals surface area contributed by atoms with Crippen LogP contribution in [0.25, 0.3) is 11.3 Å². The number of rotatable bonds is 5. The first-order valence-corrected chi connectivity index (χ1v) is 8.86. The molecular formula is C18H15N3O4S. The molecule has 26 heavy (non-hydrogen) atoms. The van der Waals surface area contributed by atoms with E-state index in [0.717, 1.165) is 17.0 Å². The van der Waals surface area contributed by atoms with Crippen LogP contribution in [-0.4, -0.2) is 29.3 Å². The van der Waals surface area contributed by atoms with E-state index in [9.17, 15) is 4.79 Å². The minimum absolute atomic E-state index is 0.229. The molecule has 1 aliphatic heterocycles. The fourth-order valence-corrected chi connectivity index (χ4v) is 3.15. The lowest BCUT2D eigenvalue weighted by Gasteiger charge is -2.04. The number of hydrogen-bond donors (Lipinski definition) is 1. The number of thiazole rings is 1. The maximum atomic E-state index is 12.3. The molecule has 7 nitrogen and oxygen atoms in total.